The summed E-state index contributed by atoms with van der Waals surface area (Å²) >= 11 is 3.59. The Labute approximate surface area is 228 Å². The van der Waals surface area contributed by atoms with Gasteiger partial charge in [0.15, 0.2) is 5.78 Å². The van der Waals surface area contributed by atoms with Crippen molar-refractivity contribution in [2.45, 2.75) is 19.4 Å². The van der Waals surface area contributed by atoms with Crippen LogP contribution < -0.4 is 10.1 Å². The summed E-state index contributed by atoms with van der Waals surface area (Å²) in [4.78, 5) is 26.9. The number of dihydropyridines is 1. The maximum absolute atomic E-state index is 13.8. The lowest BCUT2D eigenvalue weighted by molar-refractivity contribution is -0.136. The fourth-order valence-corrected chi connectivity index (χ4v) is 5.85. The van der Waals surface area contributed by atoms with E-state index in [4.69, 9.17) is 9.47 Å². The number of methoxy groups -OCH3 is 1. The van der Waals surface area contributed by atoms with Gasteiger partial charge in [-0.25, -0.2) is 4.79 Å². The molecule has 188 valence electrons. The van der Waals surface area contributed by atoms with Crippen molar-refractivity contribution in [1.29, 1.82) is 0 Å². The first-order chi connectivity index (χ1) is 18.5. The zero-order valence-electron chi connectivity index (χ0n) is 20.9. The smallest absolute Gasteiger partial charge is 0.336 e. The van der Waals surface area contributed by atoms with Gasteiger partial charge in [0.2, 0.25) is 0 Å². The van der Waals surface area contributed by atoms with Crippen LogP contribution in [-0.2, 0) is 16.1 Å². The molecule has 38 heavy (non-hydrogen) atoms. The molecule has 1 aliphatic heterocycles. The number of rotatable bonds is 5. The van der Waals surface area contributed by atoms with Crippen LogP contribution in [0.15, 0.2) is 106 Å². The van der Waals surface area contributed by atoms with E-state index in [0.29, 0.717) is 34.8 Å². The van der Waals surface area contributed by atoms with Gasteiger partial charge in [-0.15, -0.1) is 0 Å². The summed E-state index contributed by atoms with van der Waals surface area (Å²) in [5.41, 5.74) is 5.48. The average Bonchev–Trinajstić information content (AvgIpc) is 3.22. The first-order valence-corrected chi connectivity index (χ1v) is 13.1. The van der Waals surface area contributed by atoms with Gasteiger partial charge in [0.25, 0.3) is 0 Å². The number of carbonyl (C=O) groups is 2. The summed E-state index contributed by atoms with van der Waals surface area (Å²) in [6.45, 7) is 2.17. The predicted octanol–water partition coefficient (Wildman–Crippen LogP) is 6.92. The van der Waals surface area contributed by atoms with E-state index in [9.17, 15) is 9.59 Å². The van der Waals surface area contributed by atoms with E-state index >= 15 is 0 Å². The zero-order chi connectivity index (χ0) is 26.4. The van der Waals surface area contributed by atoms with Crippen molar-refractivity contribution < 1.29 is 19.1 Å². The summed E-state index contributed by atoms with van der Waals surface area (Å²) < 4.78 is 12.5. The predicted molar refractivity (Wildman–Crippen MR) is 151 cm³/mol. The van der Waals surface area contributed by atoms with E-state index in [1.54, 1.807) is 0 Å². The number of carbonyl (C=O) groups excluding carboxylic acids is 2. The van der Waals surface area contributed by atoms with Gasteiger partial charge in [0.05, 0.1) is 24.3 Å². The molecule has 4 aromatic rings. The van der Waals surface area contributed by atoms with Crippen LogP contribution in [0, 0.1) is 0 Å². The zero-order valence-corrected chi connectivity index (χ0v) is 22.5. The lowest BCUT2D eigenvalue weighted by Crippen LogP contribution is -2.29. The van der Waals surface area contributed by atoms with Crippen LogP contribution in [-0.4, -0.2) is 18.9 Å². The van der Waals surface area contributed by atoms with Crippen LogP contribution in [0.1, 0.15) is 39.9 Å². The Morgan fingerprint density at radius 2 is 1.68 bits per heavy atom. The van der Waals surface area contributed by atoms with Crippen molar-refractivity contribution in [3.8, 4) is 5.75 Å². The molecule has 5 nitrogen and oxygen atoms in total. The topological polar surface area (TPSA) is 64.6 Å². The Morgan fingerprint density at radius 1 is 0.947 bits per heavy atom. The number of fused-ring (bicyclic) bond motifs is 3. The first-order valence-electron chi connectivity index (χ1n) is 12.3. The van der Waals surface area contributed by atoms with Gasteiger partial charge < -0.3 is 14.8 Å². The lowest BCUT2D eigenvalue weighted by atomic mass is 9.79. The highest BCUT2D eigenvalue weighted by Crippen LogP contribution is 2.49. The number of ketones is 1. The lowest BCUT2D eigenvalue weighted by Gasteiger charge is -2.30. The number of ether oxygens (including phenoxy) is 2. The third kappa shape index (κ3) is 3.92. The number of halogens is 1. The van der Waals surface area contributed by atoms with Gasteiger partial charge in [-0.2, -0.15) is 0 Å². The normalized spacial score (nSPS) is 16.3. The van der Waals surface area contributed by atoms with Gasteiger partial charge in [0.1, 0.15) is 12.4 Å². The fourth-order valence-electron chi connectivity index (χ4n) is 5.47. The number of allylic oxidation sites excluding steroid dienone is 2. The molecule has 6 heteroatoms. The average molecular weight is 566 g/mol. The molecule has 0 saturated carbocycles. The molecule has 0 bridgehead atoms. The summed E-state index contributed by atoms with van der Waals surface area (Å²) in [7, 11) is 1.35. The third-order valence-corrected chi connectivity index (χ3v) is 7.69. The molecule has 1 aliphatic carbocycles. The molecule has 1 heterocycles. The number of hydrogen-bond acceptors (Lipinski definition) is 5. The molecule has 0 amide bonds. The highest BCUT2D eigenvalue weighted by Gasteiger charge is 2.43. The van der Waals surface area contributed by atoms with E-state index in [1.807, 2.05) is 73.7 Å². The fraction of sp³-hybridized carbons (Fsp3) is 0.125. The van der Waals surface area contributed by atoms with Gasteiger partial charge in [0, 0.05) is 32.4 Å². The van der Waals surface area contributed by atoms with Crippen molar-refractivity contribution in [2.75, 3.05) is 7.11 Å². The van der Waals surface area contributed by atoms with Crippen LogP contribution in [0.5, 0.6) is 5.75 Å². The van der Waals surface area contributed by atoms with Gasteiger partial charge >= 0.3 is 5.97 Å². The molecule has 0 saturated heterocycles. The number of hydrogen-bond donors (Lipinski definition) is 1. The number of Topliss-reactive ketones (excluding diaryl/α,β-unsaturated/α-hetero) is 1. The van der Waals surface area contributed by atoms with Crippen molar-refractivity contribution in [2.24, 2.45) is 0 Å². The first kappa shape index (κ1) is 24.2. The molecular formula is C32H24BrNO4. The molecule has 0 radical (unpaired) electrons. The number of benzene rings is 4. The Morgan fingerprint density at radius 3 is 2.50 bits per heavy atom. The number of esters is 1. The Bertz CT molecular complexity index is 1700. The maximum atomic E-state index is 13.8. The largest absolute Gasteiger partial charge is 0.489 e. The molecule has 6 rings (SSSR count). The maximum Gasteiger partial charge on any atom is 0.336 e. The van der Waals surface area contributed by atoms with E-state index < -0.39 is 11.9 Å². The van der Waals surface area contributed by atoms with Crippen LogP contribution in [0.3, 0.4) is 0 Å². The molecule has 2 aliphatic rings. The van der Waals surface area contributed by atoms with E-state index in [2.05, 4.69) is 39.4 Å². The van der Waals surface area contributed by atoms with E-state index in [0.717, 1.165) is 37.6 Å². The Balaban J connectivity index is 1.48. The summed E-state index contributed by atoms with van der Waals surface area (Å²) in [6.07, 6.45) is 0. The van der Waals surface area contributed by atoms with E-state index in [-0.39, 0.29) is 5.78 Å². The monoisotopic (exact) mass is 565 g/mol. The highest BCUT2D eigenvalue weighted by atomic mass is 79.9. The van der Waals surface area contributed by atoms with Crippen LogP contribution in [0.25, 0.3) is 16.5 Å². The van der Waals surface area contributed by atoms with Crippen LogP contribution in [0.4, 0.5) is 0 Å². The summed E-state index contributed by atoms with van der Waals surface area (Å²) in [6, 6.07) is 27.5. The van der Waals surface area contributed by atoms with Crippen LogP contribution >= 0.6 is 15.9 Å². The molecule has 0 fully saturated rings. The Hall–Kier alpha value is -4.16. The molecule has 0 spiro atoms. The van der Waals surface area contributed by atoms with Crippen molar-refractivity contribution in [1.82, 2.24) is 5.32 Å². The van der Waals surface area contributed by atoms with Gasteiger partial charge in [-0.1, -0.05) is 82.7 Å². The minimum atomic E-state index is -0.668. The van der Waals surface area contributed by atoms with Crippen molar-refractivity contribution >= 4 is 44.2 Å². The summed E-state index contributed by atoms with van der Waals surface area (Å²) in [5, 5.41) is 5.58. The summed E-state index contributed by atoms with van der Waals surface area (Å²) in [5.74, 6) is -0.672. The second kappa shape index (κ2) is 9.62. The molecular weight excluding hydrogens is 542 g/mol. The second-order valence-electron chi connectivity index (χ2n) is 9.36. The molecule has 0 aromatic heterocycles. The van der Waals surface area contributed by atoms with E-state index in [1.165, 1.54) is 7.11 Å². The minimum Gasteiger partial charge on any atom is -0.489 e. The van der Waals surface area contributed by atoms with Gasteiger partial charge in [-0.05, 0) is 41.5 Å². The van der Waals surface area contributed by atoms with Gasteiger partial charge in [-0.3, -0.25) is 4.79 Å². The Kier molecular flexibility index (Phi) is 6.12. The SMILES string of the molecule is COC(=O)C1=C(C)NC2=C(C(=O)c3ccccc32)[C@H]1c1cc(Br)ccc1OCc1cccc2ccccc12. The minimum absolute atomic E-state index is 0.109. The second-order valence-corrected chi connectivity index (χ2v) is 10.3. The van der Waals surface area contributed by atoms with Crippen molar-refractivity contribution in [3.63, 3.8) is 0 Å². The van der Waals surface area contributed by atoms with Crippen LogP contribution in [0.2, 0.25) is 0 Å². The molecule has 1 N–H and O–H groups in total. The highest BCUT2D eigenvalue weighted by molar-refractivity contribution is 9.10. The molecule has 1 atom stereocenters. The number of nitrogens with one attached hydrogen (secondary N) is 1. The molecule has 0 unspecified atom stereocenters. The van der Waals surface area contributed by atoms with Crippen molar-refractivity contribution in [3.05, 3.63) is 128 Å². The third-order valence-electron chi connectivity index (χ3n) is 7.20. The quantitative estimate of drug-likeness (QED) is 0.266. The standard InChI is InChI=1S/C32H24BrNO4/c1-18-27(32(36)37-2)28(29-30(34-18)23-12-5-6-13-24(23)31(29)35)25-16-21(33)14-15-26(25)38-17-20-10-7-9-19-8-3-4-11-22(19)20/h3-16,28,34H,17H2,1-2H3/t28-/m0/s1. The molecule has 4 aromatic carbocycles.